The molecule has 0 fully saturated rings. The second-order valence-corrected chi connectivity index (χ2v) is 3.86. The Morgan fingerprint density at radius 1 is 1.33 bits per heavy atom. The number of aromatic nitrogens is 1. The molecule has 0 spiro atoms. The Balaban J connectivity index is 2.04. The van der Waals surface area contributed by atoms with Gasteiger partial charge in [-0.15, -0.1) is 0 Å². The van der Waals surface area contributed by atoms with Crippen LogP contribution in [0.1, 0.15) is 11.3 Å². The third-order valence-corrected chi connectivity index (χ3v) is 2.48. The van der Waals surface area contributed by atoms with Crippen molar-refractivity contribution in [3.05, 3.63) is 53.5 Å². The molecule has 4 nitrogen and oxygen atoms in total. The van der Waals surface area contributed by atoms with Gasteiger partial charge < -0.3 is 10.2 Å². The molecule has 3 N–H and O–H groups in total. The van der Waals surface area contributed by atoms with Crippen LogP contribution >= 0.6 is 0 Å². The molecule has 0 aliphatic heterocycles. The van der Waals surface area contributed by atoms with E-state index < -0.39 is 0 Å². The highest BCUT2D eigenvalue weighted by atomic mass is 19.1. The largest absolute Gasteiger partial charge is 0.487 e. The van der Waals surface area contributed by atoms with Crippen LogP contribution in [0.15, 0.2) is 36.4 Å². The lowest BCUT2D eigenvalue weighted by atomic mass is 10.2. The lowest BCUT2D eigenvalue weighted by Crippen LogP contribution is -2.09. The van der Waals surface area contributed by atoms with E-state index in [-0.39, 0.29) is 12.4 Å². The Kier molecular flexibility index (Phi) is 3.74. The Morgan fingerprint density at radius 3 is 2.89 bits per heavy atom. The van der Waals surface area contributed by atoms with E-state index in [1.54, 1.807) is 25.1 Å². The van der Waals surface area contributed by atoms with Crippen LogP contribution in [0.3, 0.4) is 0 Å². The number of benzene rings is 1. The third-order valence-electron chi connectivity index (χ3n) is 2.48. The molecule has 2 rings (SSSR count). The molecule has 0 aliphatic rings. The molecule has 5 heteroatoms. The highest BCUT2D eigenvalue weighted by Gasteiger charge is 2.02. The van der Waals surface area contributed by atoms with Gasteiger partial charge in [0.25, 0.3) is 0 Å². The second kappa shape index (κ2) is 5.46. The van der Waals surface area contributed by atoms with Crippen molar-refractivity contribution in [2.75, 3.05) is 5.43 Å². The smallest absolute Gasteiger partial charge is 0.140 e. The fourth-order valence-electron chi connectivity index (χ4n) is 1.46. The maximum Gasteiger partial charge on any atom is 0.140 e. The molecule has 2 aromatic rings. The van der Waals surface area contributed by atoms with Crippen molar-refractivity contribution in [3.63, 3.8) is 0 Å². The summed E-state index contributed by atoms with van der Waals surface area (Å²) in [6.45, 7) is 1.97. The van der Waals surface area contributed by atoms with Gasteiger partial charge in [-0.05, 0) is 30.7 Å². The van der Waals surface area contributed by atoms with Crippen LogP contribution < -0.4 is 16.0 Å². The summed E-state index contributed by atoms with van der Waals surface area (Å²) in [5.41, 5.74) is 3.76. The lowest BCUT2D eigenvalue weighted by Gasteiger charge is -2.07. The summed E-state index contributed by atoms with van der Waals surface area (Å²) in [4.78, 5) is 4.19. The van der Waals surface area contributed by atoms with Gasteiger partial charge in [-0.2, -0.15) is 0 Å². The number of halogens is 1. The molecule has 0 amide bonds. The van der Waals surface area contributed by atoms with E-state index in [1.165, 1.54) is 6.07 Å². The number of hydrazine groups is 1. The number of nitrogens with zero attached hydrogens (tertiary/aromatic N) is 1. The molecule has 1 aromatic carbocycles. The van der Waals surface area contributed by atoms with Gasteiger partial charge in [0, 0.05) is 6.07 Å². The molecule has 0 bridgehead atoms. The molecule has 0 saturated heterocycles. The fraction of sp³-hybridized carbons (Fsp3) is 0.154. The van der Waals surface area contributed by atoms with Gasteiger partial charge in [0.05, 0.1) is 5.69 Å². The number of pyridine rings is 1. The SMILES string of the molecule is Cc1ccc(OCc2cccc(NN)n2)cc1F. The highest BCUT2D eigenvalue weighted by molar-refractivity contribution is 5.33. The highest BCUT2D eigenvalue weighted by Crippen LogP contribution is 2.17. The number of hydrogen-bond donors (Lipinski definition) is 2. The number of rotatable bonds is 4. The predicted molar refractivity (Wildman–Crippen MR) is 67.5 cm³/mol. The quantitative estimate of drug-likeness (QED) is 0.643. The van der Waals surface area contributed by atoms with E-state index in [9.17, 15) is 4.39 Å². The summed E-state index contributed by atoms with van der Waals surface area (Å²) >= 11 is 0. The Bertz CT molecular complexity index is 546. The Hall–Kier alpha value is -2.14. The first-order chi connectivity index (χ1) is 8.69. The average Bonchev–Trinajstić information content (AvgIpc) is 2.40. The number of nitrogen functional groups attached to an aromatic ring is 1. The van der Waals surface area contributed by atoms with Crippen molar-refractivity contribution in [2.24, 2.45) is 5.84 Å². The maximum absolute atomic E-state index is 13.3. The number of hydrogen-bond acceptors (Lipinski definition) is 4. The minimum Gasteiger partial charge on any atom is -0.487 e. The Labute approximate surface area is 105 Å². The molecular formula is C13H14FN3O. The lowest BCUT2D eigenvalue weighted by molar-refractivity contribution is 0.300. The monoisotopic (exact) mass is 247 g/mol. The van der Waals surface area contributed by atoms with E-state index in [2.05, 4.69) is 10.4 Å². The zero-order valence-electron chi connectivity index (χ0n) is 9.98. The maximum atomic E-state index is 13.3. The van der Waals surface area contributed by atoms with E-state index in [0.29, 0.717) is 22.8 Å². The summed E-state index contributed by atoms with van der Waals surface area (Å²) in [6, 6.07) is 10.1. The minimum absolute atomic E-state index is 0.262. The van der Waals surface area contributed by atoms with Crippen molar-refractivity contribution in [1.29, 1.82) is 0 Å². The molecule has 0 atom stereocenters. The zero-order chi connectivity index (χ0) is 13.0. The summed E-state index contributed by atoms with van der Waals surface area (Å²) in [5.74, 6) is 6.02. The van der Waals surface area contributed by atoms with Crippen LogP contribution in [0.5, 0.6) is 5.75 Å². The van der Waals surface area contributed by atoms with Crippen LogP contribution in [0.2, 0.25) is 0 Å². The fourth-order valence-corrected chi connectivity index (χ4v) is 1.46. The standard InChI is InChI=1S/C13H14FN3O/c1-9-5-6-11(7-12(9)14)18-8-10-3-2-4-13(16-10)17-15/h2-7H,8,15H2,1H3,(H,16,17). The van der Waals surface area contributed by atoms with Gasteiger partial charge in [-0.25, -0.2) is 15.2 Å². The summed E-state index contributed by atoms with van der Waals surface area (Å²) in [7, 11) is 0. The molecule has 0 unspecified atom stereocenters. The first kappa shape index (κ1) is 12.3. The van der Waals surface area contributed by atoms with Crippen LogP contribution in [0.25, 0.3) is 0 Å². The van der Waals surface area contributed by atoms with Crippen molar-refractivity contribution < 1.29 is 9.13 Å². The van der Waals surface area contributed by atoms with Crippen LogP contribution in [-0.4, -0.2) is 4.98 Å². The van der Waals surface area contributed by atoms with Gasteiger partial charge in [-0.3, -0.25) is 0 Å². The summed E-state index contributed by atoms with van der Waals surface area (Å²) < 4.78 is 18.8. The first-order valence-electron chi connectivity index (χ1n) is 5.50. The van der Waals surface area contributed by atoms with Gasteiger partial charge >= 0.3 is 0 Å². The van der Waals surface area contributed by atoms with Gasteiger partial charge in [0.1, 0.15) is 24.0 Å². The van der Waals surface area contributed by atoms with Crippen LogP contribution in [-0.2, 0) is 6.61 Å². The van der Waals surface area contributed by atoms with Crippen molar-refractivity contribution >= 4 is 5.82 Å². The van der Waals surface area contributed by atoms with Gasteiger partial charge in [0.2, 0.25) is 0 Å². The van der Waals surface area contributed by atoms with E-state index in [0.717, 1.165) is 0 Å². The molecule has 94 valence electrons. The molecule has 0 radical (unpaired) electrons. The van der Waals surface area contributed by atoms with Gasteiger partial charge in [-0.1, -0.05) is 12.1 Å². The molecule has 0 aliphatic carbocycles. The molecule has 1 heterocycles. The van der Waals surface area contributed by atoms with Gasteiger partial charge in [0.15, 0.2) is 0 Å². The number of nitrogens with two attached hydrogens (primary N) is 1. The predicted octanol–water partition coefficient (Wildman–Crippen LogP) is 2.39. The number of ether oxygens (including phenoxy) is 1. The molecule has 1 aromatic heterocycles. The zero-order valence-corrected chi connectivity index (χ0v) is 9.98. The van der Waals surface area contributed by atoms with Crippen molar-refractivity contribution in [1.82, 2.24) is 4.98 Å². The van der Waals surface area contributed by atoms with Crippen molar-refractivity contribution in [2.45, 2.75) is 13.5 Å². The van der Waals surface area contributed by atoms with E-state index in [1.807, 2.05) is 12.1 Å². The molecule has 0 saturated carbocycles. The minimum atomic E-state index is -0.280. The molecule has 18 heavy (non-hydrogen) atoms. The topological polar surface area (TPSA) is 60.2 Å². The average molecular weight is 247 g/mol. The summed E-state index contributed by atoms with van der Waals surface area (Å²) in [6.07, 6.45) is 0. The Morgan fingerprint density at radius 2 is 2.17 bits per heavy atom. The number of anilines is 1. The number of aryl methyl sites for hydroxylation is 1. The number of nitrogens with one attached hydrogen (secondary N) is 1. The summed E-state index contributed by atoms with van der Waals surface area (Å²) in [5, 5.41) is 0. The normalized spacial score (nSPS) is 10.2. The van der Waals surface area contributed by atoms with Crippen LogP contribution in [0, 0.1) is 12.7 Å². The third kappa shape index (κ3) is 2.95. The molecular weight excluding hydrogens is 233 g/mol. The van der Waals surface area contributed by atoms with E-state index >= 15 is 0 Å². The van der Waals surface area contributed by atoms with Crippen LogP contribution in [0.4, 0.5) is 10.2 Å². The van der Waals surface area contributed by atoms with E-state index in [4.69, 9.17) is 10.6 Å². The van der Waals surface area contributed by atoms with Crippen molar-refractivity contribution in [3.8, 4) is 5.75 Å². The second-order valence-electron chi connectivity index (χ2n) is 3.86. The first-order valence-corrected chi connectivity index (χ1v) is 5.50.